The molecule has 0 spiro atoms. The first kappa shape index (κ1) is 36.9. The van der Waals surface area contributed by atoms with Gasteiger partial charge in [-0.25, -0.2) is 4.98 Å². The van der Waals surface area contributed by atoms with Gasteiger partial charge in [0, 0.05) is 43.8 Å². The van der Waals surface area contributed by atoms with Gasteiger partial charge >= 0.3 is 0 Å². The lowest BCUT2D eigenvalue weighted by Crippen LogP contribution is -2.07. The number of fused-ring (bicyclic) bond motifs is 8. The Hall–Kier alpha value is -8.15. The minimum Gasteiger partial charge on any atom is -0.455 e. The van der Waals surface area contributed by atoms with Crippen LogP contribution < -0.4 is 0 Å². The molecule has 5 nitrogen and oxygen atoms in total. The van der Waals surface area contributed by atoms with E-state index in [-0.39, 0.29) is 0 Å². The molecule has 12 aromatic rings. The van der Waals surface area contributed by atoms with Crippen LogP contribution in [0.2, 0.25) is 0 Å². The van der Waals surface area contributed by atoms with Gasteiger partial charge in [0.15, 0.2) is 11.6 Å². The fraction of sp³-hybridized carbons (Fsp3) is 0.0351. The first-order valence-corrected chi connectivity index (χ1v) is 21.2. The summed E-state index contributed by atoms with van der Waals surface area (Å²) in [6.07, 6.45) is 0. The second-order valence-corrected chi connectivity index (χ2v) is 15.2. The molecule has 0 amide bonds. The van der Waals surface area contributed by atoms with Crippen LogP contribution in [0.25, 0.3) is 117 Å². The van der Waals surface area contributed by atoms with Crippen molar-refractivity contribution >= 4 is 54.5 Å². The predicted molar refractivity (Wildman–Crippen MR) is 257 cm³/mol. The molecule has 3 aromatic heterocycles. The van der Waals surface area contributed by atoms with Gasteiger partial charge in [-0.3, -0.25) is 4.57 Å². The number of para-hydroxylation sites is 3. The molecule has 0 saturated carbocycles. The van der Waals surface area contributed by atoms with E-state index in [9.17, 15) is 0 Å². The number of aromatic nitrogens is 4. The molecule has 62 heavy (non-hydrogen) atoms. The fourth-order valence-corrected chi connectivity index (χ4v) is 8.88. The van der Waals surface area contributed by atoms with E-state index in [2.05, 4.69) is 162 Å². The zero-order valence-corrected chi connectivity index (χ0v) is 34.3. The average molecular weight is 797 g/mol. The van der Waals surface area contributed by atoms with Crippen molar-refractivity contribution in [2.24, 2.45) is 0 Å². The van der Waals surface area contributed by atoms with E-state index in [1.54, 1.807) is 0 Å². The van der Waals surface area contributed by atoms with E-state index in [0.29, 0.717) is 17.6 Å². The fourth-order valence-electron chi connectivity index (χ4n) is 8.88. The van der Waals surface area contributed by atoms with E-state index in [0.717, 1.165) is 88.3 Å². The van der Waals surface area contributed by atoms with Crippen LogP contribution >= 0.6 is 0 Å². The highest BCUT2D eigenvalue weighted by molar-refractivity contribution is 6.23. The highest BCUT2D eigenvalue weighted by atomic mass is 16.3. The molecule has 0 fully saturated rings. The van der Waals surface area contributed by atoms with Crippen LogP contribution in [0.3, 0.4) is 0 Å². The molecule has 3 heterocycles. The molecule has 0 aliphatic carbocycles. The number of rotatable bonds is 6. The summed E-state index contributed by atoms with van der Waals surface area (Å²) in [7, 11) is 0. The molecule has 5 heteroatoms. The molecule has 0 radical (unpaired) electrons. The molecule has 0 atom stereocenters. The van der Waals surface area contributed by atoms with Gasteiger partial charge in [0.05, 0.1) is 11.0 Å². The molecule has 0 aliphatic heterocycles. The zero-order chi connectivity index (χ0) is 41.6. The maximum Gasteiger partial charge on any atom is 0.238 e. The van der Waals surface area contributed by atoms with Gasteiger partial charge in [0.2, 0.25) is 5.95 Å². The SMILES string of the molecule is CC.c1ccc(-c2nc(-c3ccccc3)nc(-n3c4ccc5ccccc5c4c4cccc(-c5cccc(-c6cccc(-c7cccc8c7oc7ccccc78)c6)c5)c43)n2)cc1. The summed E-state index contributed by atoms with van der Waals surface area (Å²) in [5.74, 6) is 1.80. The Morgan fingerprint density at radius 3 is 1.60 bits per heavy atom. The summed E-state index contributed by atoms with van der Waals surface area (Å²) in [4.78, 5) is 15.6. The Morgan fingerprint density at radius 1 is 0.387 bits per heavy atom. The zero-order valence-electron chi connectivity index (χ0n) is 34.3. The van der Waals surface area contributed by atoms with Gasteiger partial charge in [0.25, 0.3) is 0 Å². The third kappa shape index (κ3) is 6.22. The van der Waals surface area contributed by atoms with Crippen molar-refractivity contribution < 1.29 is 4.42 Å². The number of benzene rings is 9. The van der Waals surface area contributed by atoms with Crippen molar-refractivity contribution in [3.8, 4) is 62.1 Å². The number of furan rings is 1. The highest BCUT2D eigenvalue weighted by Gasteiger charge is 2.22. The lowest BCUT2D eigenvalue weighted by molar-refractivity contribution is 0.670. The summed E-state index contributed by atoms with van der Waals surface area (Å²) in [6.45, 7) is 4.00. The first-order valence-electron chi connectivity index (χ1n) is 21.2. The second-order valence-electron chi connectivity index (χ2n) is 15.2. The molecule has 0 unspecified atom stereocenters. The van der Waals surface area contributed by atoms with Gasteiger partial charge in [-0.05, 0) is 57.3 Å². The molecule has 0 bridgehead atoms. The van der Waals surface area contributed by atoms with Crippen molar-refractivity contribution in [3.05, 3.63) is 206 Å². The van der Waals surface area contributed by atoms with E-state index in [1.165, 1.54) is 10.8 Å². The summed E-state index contributed by atoms with van der Waals surface area (Å²) >= 11 is 0. The highest BCUT2D eigenvalue weighted by Crippen LogP contribution is 2.42. The maximum absolute atomic E-state index is 6.45. The number of nitrogens with zero attached hydrogens (tertiary/aromatic N) is 4. The first-order chi connectivity index (χ1) is 30.7. The molecular formula is C57H40N4O. The van der Waals surface area contributed by atoms with Crippen LogP contribution in [0.1, 0.15) is 13.8 Å². The molecular weight excluding hydrogens is 757 g/mol. The van der Waals surface area contributed by atoms with Gasteiger partial charge in [0.1, 0.15) is 11.2 Å². The lowest BCUT2D eigenvalue weighted by atomic mass is 9.94. The smallest absolute Gasteiger partial charge is 0.238 e. The Balaban J connectivity index is 0.00000213. The van der Waals surface area contributed by atoms with Crippen LogP contribution in [0, 0.1) is 0 Å². The second kappa shape index (κ2) is 15.5. The normalized spacial score (nSPS) is 11.4. The summed E-state index contributed by atoms with van der Waals surface area (Å²) < 4.78 is 8.69. The molecule has 0 saturated heterocycles. The van der Waals surface area contributed by atoms with Crippen LogP contribution in [0.15, 0.2) is 211 Å². The molecule has 294 valence electrons. The molecule has 0 N–H and O–H groups in total. The topological polar surface area (TPSA) is 56.7 Å². The Kier molecular flexibility index (Phi) is 9.20. The lowest BCUT2D eigenvalue weighted by Gasteiger charge is -2.14. The van der Waals surface area contributed by atoms with E-state index in [1.807, 2.05) is 62.4 Å². The molecule has 12 rings (SSSR count). The van der Waals surface area contributed by atoms with Gasteiger partial charge in [-0.1, -0.05) is 196 Å². The van der Waals surface area contributed by atoms with Crippen molar-refractivity contribution in [1.82, 2.24) is 19.5 Å². The minimum absolute atomic E-state index is 0.564. The largest absolute Gasteiger partial charge is 0.455 e. The van der Waals surface area contributed by atoms with E-state index >= 15 is 0 Å². The minimum atomic E-state index is 0.564. The predicted octanol–water partition coefficient (Wildman–Crippen LogP) is 15.4. The monoisotopic (exact) mass is 796 g/mol. The maximum atomic E-state index is 6.45. The standard InChI is InChI=1S/C55H34N4O.C2H6/c1-3-16-36(17-4-1)53-56-54(37-18-5-2-6-19-37)58-55(57-53)59-48-32-31-35-15-7-8-24-42(35)50(48)47-29-13-26-43(51(47)59)40-22-11-20-38(33-40)39-21-12-23-41(34-39)44-27-14-28-46-45-25-9-10-30-49(45)60-52(44)46;1-2/h1-34H;1-2H3. The Labute approximate surface area is 359 Å². The summed E-state index contributed by atoms with van der Waals surface area (Å²) in [5, 5.41) is 6.91. The van der Waals surface area contributed by atoms with Crippen molar-refractivity contribution in [3.63, 3.8) is 0 Å². The molecule has 0 aliphatic rings. The third-order valence-corrected chi connectivity index (χ3v) is 11.6. The van der Waals surface area contributed by atoms with Crippen molar-refractivity contribution in [2.45, 2.75) is 13.8 Å². The summed E-state index contributed by atoms with van der Waals surface area (Å²) in [5.41, 5.74) is 12.3. The van der Waals surface area contributed by atoms with Crippen molar-refractivity contribution in [1.29, 1.82) is 0 Å². The Bertz CT molecular complexity index is 3550. The van der Waals surface area contributed by atoms with E-state index < -0.39 is 0 Å². The van der Waals surface area contributed by atoms with Crippen LogP contribution in [-0.2, 0) is 0 Å². The van der Waals surface area contributed by atoms with Crippen LogP contribution in [-0.4, -0.2) is 19.5 Å². The quantitative estimate of drug-likeness (QED) is 0.168. The average Bonchev–Trinajstić information content (AvgIpc) is 3.92. The van der Waals surface area contributed by atoms with Crippen LogP contribution in [0.5, 0.6) is 0 Å². The number of hydrogen-bond donors (Lipinski definition) is 0. The van der Waals surface area contributed by atoms with Crippen molar-refractivity contribution in [2.75, 3.05) is 0 Å². The van der Waals surface area contributed by atoms with Crippen LogP contribution in [0.4, 0.5) is 0 Å². The Morgan fingerprint density at radius 2 is 0.903 bits per heavy atom. The molecule has 9 aromatic carbocycles. The van der Waals surface area contributed by atoms with E-state index in [4.69, 9.17) is 19.4 Å². The third-order valence-electron chi connectivity index (χ3n) is 11.6. The van der Waals surface area contributed by atoms with Gasteiger partial charge in [-0.15, -0.1) is 0 Å². The van der Waals surface area contributed by atoms with Gasteiger partial charge in [-0.2, -0.15) is 9.97 Å². The summed E-state index contributed by atoms with van der Waals surface area (Å²) in [6, 6.07) is 72.2. The van der Waals surface area contributed by atoms with Gasteiger partial charge < -0.3 is 4.42 Å². The number of hydrogen-bond acceptors (Lipinski definition) is 4.